The van der Waals surface area contributed by atoms with Crippen molar-refractivity contribution in [1.82, 2.24) is 0 Å². The third-order valence-electron chi connectivity index (χ3n) is 3.42. The van der Waals surface area contributed by atoms with E-state index in [9.17, 15) is 5.26 Å². The molecule has 0 amide bonds. The fraction of sp³-hybridized carbons (Fsp3) is 0.278. The van der Waals surface area contributed by atoms with Crippen molar-refractivity contribution < 1.29 is 4.74 Å². The van der Waals surface area contributed by atoms with Gasteiger partial charge in [-0.05, 0) is 30.5 Å². The van der Waals surface area contributed by atoms with Crippen molar-refractivity contribution in [1.29, 1.82) is 5.26 Å². The van der Waals surface area contributed by atoms with Gasteiger partial charge in [-0.3, -0.25) is 0 Å². The van der Waals surface area contributed by atoms with Crippen LogP contribution in [0.4, 0.5) is 0 Å². The predicted octanol–water partition coefficient (Wildman–Crippen LogP) is 4.38. The van der Waals surface area contributed by atoms with Crippen LogP contribution in [-0.4, -0.2) is 6.61 Å². The van der Waals surface area contributed by atoms with E-state index >= 15 is 0 Å². The fourth-order valence-electron chi connectivity index (χ4n) is 2.30. The van der Waals surface area contributed by atoms with Gasteiger partial charge in [0.05, 0.1) is 18.6 Å². The van der Waals surface area contributed by atoms with Crippen molar-refractivity contribution in [2.24, 2.45) is 0 Å². The molecule has 0 heterocycles. The molecule has 2 aromatic carbocycles. The third-order valence-corrected chi connectivity index (χ3v) is 3.42. The number of nitriles is 1. The Hall–Kier alpha value is -2.27. The van der Waals surface area contributed by atoms with Gasteiger partial charge in [-0.1, -0.05) is 48.5 Å². The zero-order valence-corrected chi connectivity index (χ0v) is 12.0. The molecule has 0 saturated carbocycles. The van der Waals surface area contributed by atoms with Crippen LogP contribution in [-0.2, 0) is 0 Å². The number of hydrogen-bond acceptors (Lipinski definition) is 2. The summed E-state index contributed by atoms with van der Waals surface area (Å²) in [6.07, 6.45) is 0.703. The zero-order valence-electron chi connectivity index (χ0n) is 12.0. The molecule has 0 aliphatic heterocycles. The van der Waals surface area contributed by atoms with Crippen LogP contribution in [0.5, 0.6) is 5.75 Å². The Balaban J connectivity index is 1.97. The van der Waals surface area contributed by atoms with Crippen molar-refractivity contribution >= 4 is 0 Å². The lowest BCUT2D eigenvalue weighted by Gasteiger charge is -2.14. The van der Waals surface area contributed by atoms with Crippen LogP contribution in [0.2, 0.25) is 0 Å². The number of ether oxygens (including phenoxy) is 1. The molecule has 0 aromatic heterocycles. The van der Waals surface area contributed by atoms with Crippen molar-refractivity contribution in [3.8, 4) is 11.8 Å². The molecule has 2 heteroatoms. The number of nitrogens with zero attached hydrogens (tertiary/aromatic N) is 1. The Labute approximate surface area is 120 Å². The molecule has 0 aliphatic rings. The number of para-hydroxylation sites is 1. The van der Waals surface area contributed by atoms with Gasteiger partial charge in [0.2, 0.25) is 0 Å². The van der Waals surface area contributed by atoms with E-state index in [2.05, 4.69) is 6.07 Å². The number of rotatable bonds is 5. The number of aryl methyl sites for hydroxylation is 2. The average molecular weight is 265 g/mol. The molecular weight excluding hydrogens is 246 g/mol. The highest BCUT2D eigenvalue weighted by Crippen LogP contribution is 2.24. The summed E-state index contributed by atoms with van der Waals surface area (Å²) in [6.45, 7) is 4.64. The van der Waals surface area contributed by atoms with Gasteiger partial charge in [0.1, 0.15) is 5.75 Å². The topological polar surface area (TPSA) is 33.0 Å². The van der Waals surface area contributed by atoms with Gasteiger partial charge < -0.3 is 4.74 Å². The summed E-state index contributed by atoms with van der Waals surface area (Å²) in [4.78, 5) is 0. The van der Waals surface area contributed by atoms with Crippen molar-refractivity contribution in [3.05, 3.63) is 65.2 Å². The summed E-state index contributed by atoms with van der Waals surface area (Å²) in [5.74, 6) is 0.831. The number of benzene rings is 2. The summed E-state index contributed by atoms with van der Waals surface area (Å²) < 4.78 is 5.87. The summed E-state index contributed by atoms with van der Waals surface area (Å²) in [6, 6.07) is 18.3. The van der Waals surface area contributed by atoms with Crippen LogP contribution in [0, 0.1) is 25.2 Å². The summed E-state index contributed by atoms with van der Waals surface area (Å²) in [5.41, 5.74) is 3.33. The highest BCUT2D eigenvalue weighted by Gasteiger charge is 2.11. The largest absolute Gasteiger partial charge is 0.493 e. The molecule has 102 valence electrons. The highest BCUT2D eigenvalue weighted by molar-refractivity contribution is 5.39. The van der Waals surface area contributed by atoms with Crippen molar-refractivity contribution in [2.75, 3.05) is 6.61 Å². The minimum Gasteiger partial charge on any atom is -0.493 e. The van der Waals surface area contributed by atoms with E-state index < -0.39 is 0 Å². The summed E-state index contributed by atoms with van der Waals surface area (Å²) in [7, 11) is 0. The van der Waals surface area contributed by atoms with Crippen molar-refractivity contribution in [3.63, 3.8) is 0 Å². The van der Waals surface area contributed by atoms with Crippen molar-refractivity contribution in [2.45, 2.75) is 26.2 Å². The minimum atomic E-state index is -0.111. The van der Waals surface area contributed by atoms with E-state index in [0.29, 0.717) is 13.0 Å². The molecule has 1 unspecified atom stereocenters. The van der Waals surface area contributed by atoms with E-state index in [1.807, 2.05) is 62.4 Å². The van der Waals surface area contributed by atoms with E-state index in [0.717, 1.165) is 22.4 Å². The Morgan fingerprint density at radius 2 is 1.65 bits per heavy atom. The third kappa shape index (κ3) is 3.39. The molecule has 2 rings (SSSR count). The lowest BCUT2D eigenvalue weighted by Crippen LogP contribution is -2.06. The Morgan fingerprint density at radius 1 is 1.00 bits per heavy atom. The SMILES string of the molecule is Cc1cccc(C)c1OCCC(C#N)c1ccccc1. The second kappa shape index (κ2) is 6.77. The Kier molecular flexibility index (Phi) is 4.79. The van der Waals surface area contributed by atoms with Crippen LogP contribution in [0.1, 0.15) is 29.0 Å². The van der Waals surface area contributed by atoms with Crippen LogP contribution < -0.4 is 4.74 Å². The molecule has 0 radical (unpaired) electrons. The zero-order chi connectivity index (χ0) is 14.4. The predicted molar refractivity (Wildman–Crippen MR) is 80.8 cm³/mol. The smallest absolute Gasteiger partial charge is 0.125 e. The van der Waals surface area contributed by atoms with E-state index in [1.165, 1.54) is 0 Å². The second-order valence-corrected chi connectivity index (χ2v) is 4.95. The Morgan fingerprint density at radius 3 is 2.25 bits per heavy atom. The lowest BCUT2D eigenvalue weighted by atomic mass is 9.98. The molecule has 0 saturated heterocycles. The van der Waals surface area contributed by atoms with Gasteiger partial charge in [0.25, 0.3) is 0 Å². The first-order chi connectivity index (χ1) is 9.72. The average Bonchev–Trinajstić information content (AvgIpc) is 2.47. The molecule has 0 N–H and O–H groups in total. The second-order valence-electron chi connectivity index (χ2n) is 4.95. The first-order valence-electron chi connectivity index (χ1n) is 6.86. The van der Waals surface area contributed by atoms with Gasteiger partial charge in [0, 0.05) is 6.42 Å². The van der Waals surface area contributed by atoms with Gasteiger partial charge in [0.15, 0.2) is 0 Å². The molecule has 0 spiro atoms. The van der Waals surface area contributed by atoms with E-state index in [1.54, 1.807) is 0 Å². The summed E-state index contributed by atoms with van der Waals surface area (Å²) >= 11 is 0. The fourth-order valence-corrected chi connectivity index (χ4v) is 2.30. The standard InChI is InChI=1S/C18H19NO/c1-14-7-6-8-15(2)18(14)20-12-11-17(13-19)16-9-4-3-5-10-16/h3-10,17H,11-12H2,1-2H3. The Bertz CT molecular complexity index is 578. The first-order valence-corrected chi connectivity index (χ1v) is 6.86. The maximum Gasteiger partial charge on any atom is 0.125 e. The number of hydrogen-bond donors (Lipinski definition) is 0. The van der Waals surface area contributed by atoms with Gasteiger partial charge >= 0.3 is 0 Å². The molecule has 0 bridgehead atoms. The van der Waals surface area contributed by atoms with Crippen LogP contribution in [0.3, 0.4) is 0 Å². The maximum absolute atomic E-state index is 9.28. The molecule has 0 aliphatic carbocycles. The van der Waals surface area contributed by atoms with Crippen LogP contribution >= 0.6 is 0 Å². The van der Waals surface area contributed by atoms with Crippen LogP contribution in [0.15, 0.2) is 48.5 Å². The van der Waals surface area contributed by atoms with Gasteiger partial charge in [-0.15, -0.1) is 0 Å². The molecule has 20 heavy (non-hydrogen) atoms. The first kappa shape index (κ1) is 14.1. The van der Waals surface area contributed by atoms with Crippen LogP contribution in [0.25, 0.3) is 0 Å². The van der Waals surface area contributed by atoms with Gasteiger partial charge in [-0.25, -0.2) is 0 Å². The quantitative estimate of drug-likeness (QED) is 0.803. The highest BCUT2D eigenvalue weighted by atomic mass is 16.5. The van der Waals surface area contributed by atoms with Gasteiger partial charge in [-0.2, -0.15) is 5.26 Å². The molecule has 2 aromatic rings. The molecular formula is C18H19NO. The molecule has 1 atom stereocenters. The summed E-state index contributed by atoms with van der Waals surface area (Å²) in [5, 5.41) is 9.28. The minimum absolute atomic E-state index is 0.111. The molecule has 0 fully saturated rings. The van der Waals surface area contributed by atoms with E-state index in [4.69, 9.17) is 4.74 Å². The molecule has 2 nitrogen and oxygen atoms in total. The monoisotopic (exact) mass is 265 g/mol. The maximum atomic E-state index is 9.28. The van der Waals surface area contributed by atoms with E-state index in [-0.39, 0.29) is 5.92 Å². The normalized spacial score (nSPS) is 11.7. The lowest BCUT2D eigenvalue weighted by molar-refractivity contribution is 0.302.